The predicted molar refractivity (Wildman–Crippen MR) is 86.5 cm³/mol. The average molecular weight is 327 g/mol. The third kappa shape index (κ3) is 5.66. The summed E-state index contributed by atoms with van der Waals surface area (Å²) in [6, 6.07) is 6.68. The first kappa shape index (κ1) is 18.5. The molecule has 0 aliphatic heterocycles. The fourth-order valence-electron chi connectivity index (χ4n) is 1.85. The van der Waals surface area contributed by atoms with Crippen LogP contribution in [0.2, 0.25) is 5.02 Å². The van der Waals surface area contributed by atoms with Crippen molar-refractivity contribution >= 4 is 23.4 Å². The molecule has 2 amide bonds. The number of carbonyl (C=O) groups is 2. The second-order valence-corrected chi connectivity index (χ2v) is 6.23. The van der Waals surface area contributed by atoms with Crippen LogP contribution in [0, 0.1) is 5.41 Å². The summed E-state index contributed by atoms with van der Waals surface area (Å²) < 4.78 is 0. The van der Waals surface area contributed by atoms with E-state index in [0.29, 0.717) is 17.1 Å². The van der Waals surface area contributed by atoms with Crippen LogP contribution >= 0.6 is 11.6 Å². The van der Waals surface area contributed by atoms with Gasteiger partial charge in [0.25, 0.3) is 0 Å². The van der Waals surface area contributed by atoms with Crippen molar-refractivity contribution < 1.29 is 14.7 Å². The quantitative estimate of drug-likeness (QED) is 0.717. The first-order valence-corrected chi connectivity index (χ1v) is 7.62. The molecule has 0 aromatic heterocycles. The molecule has 0 spiro atoms. The number of nitrogens with one attached hydrogen (secondary N) is 2. The van der Waals surface area contributed by atoms with Crippen LogP contribution in [0.5, 0.6) is 0 Å². The van der Waals surface area contributed by atoms with E-state index in [9.17, 15) is 14.7 Å². The van der Waals surface area contributed by atoms with Crippen molar-refractivity contribution in [2.75, 3.05) is 13.1 Å². The fourth-order valence-corrected chi connectivity index (χ4v) is 1.98. The van der Waals surface area contributed by atoms with Gasteiger partial charge in [-0.2, -0.15) is 0 Å². The Labute approximate surface area is 136 Å². The minimum absolute atomic E-state index is 0.0624. The van der Waals surface area contributed by atoms with Gasteiger partial charge in [-0.05, 0) is 38.5 Å². The molecule has 22 heavy (non-hydrogen) atoms. The molecule has 1 aromatic rings. The smallest absolute Gasteiger partial charge is 0.227 e. The van der Waals surface area contributed by atoms with Crippen molar-refractivity contribution in [1.29, 1.82) is 0 Å². The van der Waals surface area contributed by atoms with Gasteiger partial charge < -0.3 is 15.7 Å². The third-order valence-corrected chi connectivity index (χ3v) is 3.57. The van der Waals surface area contributed by atoms with E-state index in [1.807, 2.05) is 6.92 Å². The number of halogens is 1. The molecule has 5 nitrogen and oxygen atoms in total. The summed E-state index contributed by atoms with van der Waals surface area (Å²) in [4.78, 5) is 23.7. The van der Waals surface area contributed by atoms with Crippen molar-refractivity contribution in [1.82, 2.24) is 10.6 Å². The highest BCUT2D eigenvalue weighted by Crippen LogP contribution is 2.19. The van der Waals surface area contributed by atoms with E-state index in [1.165, 1.54) is 0 Å². The van der Waals surface area contributed by atoms with Gasteiger partial charge in [-0.3, -0.25) is 9.59 Å². The Morgan fingerprint density at radius 3 is 2.36 bits per heavy atom. The van der Waals surface area contributed by atoms with Gasteiger partial charge in [0.1, 0.15) is 0 Å². The highest BCUT2D eigenvalue weighted by atomic mass is 35.5. The van der Waals surface area contributed by atoms with Crippen molar-refractivity contribution in [3.63, 3.8) is 0 Å². The Kier molecular flexibility index (Phi) is 6.84. The Hall–Kier alpha value is -1.59. The number of carbonyl (C=O) groups excluding carboxylic acids is 2. The molecule has 1 aromatic carbocycles. The van der Waals surface area contributed by atoms with Gasteiger partial charge in [-0.25, -0.2) is 0 Å². The lowest BCUT2D eigenvalue weighted by molar-refractivity contribution is -0.130. The zero-order valence-electron chi connectivity index (χ0n) is 13.1. The normalized spacial score (nSPS) is 12.6. The van der Waals surface area contributed by atoms with Crippen LogP contribution in [-0.2, 0) is 9.59 Å². The van der Waals surface area contributed by atoms with Gasteiger partial charge in [-0.15, -0.1) is 0 Å². The summed E-state index contributed by atoms with van der Waals surface area (Å²) in [5, 5.41) is 16.0. The molecular weight excluding hydrogens is 304 g/mol. The third-order valence-electron chi connectivity index (χ3n) is 3.31. The molecule has 0 radical (unpaired) electrons. The molecule has 6 heteroatoms. The lowest BCUT2D eigenvalue weighted by atomic mass is 9.92. The van der Waals surface area contributed by atoms with Crippen LogP contribution in [0.1, 0.15) is 38.9 Å². The molecule has 122 valence electrons. The van der Waals surface area contributed by atoms with Crippen LogP contribution in [0.4, 0.5) is 0 Å². The van der Waals surface area contributed by atoms with Gasteiger partial charge in [0, 0.05) is 18.1 Å². The first-order valence-electron chi connectivity index (χ1n) is 7.25. The molecule has 0 saturated heterocycles. The Bertz CT molecular complexity index is 515. The number of hydrogen-bond donors (Lipinski definition) is 3. The van der Waals surface area contributed by atoms with Crippen LogP contribution < -0.4 is 10.6 Å². The van der Waals surface area contributed by atoms with Crippen molar-refractivity contribution in [2.24, 2.45) is 5.41 Å². The summed E-state index contributed by atoms with van der Waals surface area (Å²) in [6.45, 7) is 6.12. The minimum atomic E-state index is -0.898. The lowest BCUT2D eigenvalue weighted by Gasteiger charge is -2.24. The zero-order valence-corrected chi connectivity index (χ0v) is 13.9. The van der Waals surface area contributed by atoms with E-state index in [2.05, 4.69) is 10.6 Å². The van der Waals surface area contributed by atoms with Crippen molar-refractivity contribution in [3.8, 4) is 0 Å². The Morgan fingerprint density at radius 2 is 1.82 bits per heavy atom. The summed E-state index contributed by atoms with van der Waals surface area (Å²) in [7, 11) is 0. The van der Waals surface area contributed by atoms with Gasteiger partial charge in [0.2, 0.25) is 11.8 Å². The number of amides is 2. The number of benzene rings is 1. The number of hydrogen-bond acceptors (Lipinski definition) is 3. The molecular formula is C16H23ClN2O3. The summed E-state index contributed by atoms with van der Waals surface area (Å²) in [5.41, 5.74) is -0.0702. The highest BCUT2D eigenvalue weighted by molar-refractivity contribution is 6.30. The van der Waals surface area contributed by atoms with Gasteiger partial charge in [0.05, 0.1) is 17.9 Å². The van der Waals surface area contributed by atoms with E-state index >= 15 is 0 Å². The van der Waals surface area contributed by atoms with E-state index in [4.69, 9.17) is 11.6 Å². The number of aliphatic hydroxyl groups excluding tert-OH is 1. The summed E-state index contributed by atoms with van der Waals surface area (Å²) in [6.07, 6.45) is -0.961. The molecule has 0 aliphatic carbocycles. The maximum Gasteiger partial charge on any atom is 0.227 e. The number of aliphatic hydroxyl groups is 1. The topological polar surface area (TPSA) is 78.4 Å². The second-order valence-electron chi connectivity index (χ2n) is 5.79. The van der Waals surface area contributed by atoms with Gasteiger partial charge in [0.15, 0.2) is 0 Å². The molecule has 0 fully saturated rings. The van der Waals surface area contributed by atoms with E-state index < -0.39 is 11.5 Å². The fraction of sp³-hybridized carbons (Fsp3) is 0.500. The SMILES string of the molecule is CCNC(=O)C(C)(C)CNC(=O)CC(O)c1ccc(Cl)cc1. The molecule has 0 bridgehead atoms. The first-order chi connectivity index (χ1) is 10.3. The summed E-state index contributed by atoms with van der Waals surface area (Å²) in [5.74, 6) is -0.423. The Balaban J connectivity index is 2.49. The predicted octanol–water partition coefficient (Wildman–Crippen LogP) is 2.04. The van der Waals surface area contributed by atoms with Gasteiger partial charge in [-0.1, -0.05) is 23.7 Å². The van der Waals surface area contributed by atoms with E-state index in [-0.39, 0.29) is 24.8 Å². The average Bonchev–Trinajstić information content (AvgIpc) is 2.46. The van der Waals surface area contributed by atoms with Crippen molar-refractivity contribution in [3.05, 3.63) is 34.9 Å². The van der Waals surface area contributed by atoms with Crippen molar-refractivity contribution in [2.45, 2.75) is 33.3 Å². The van der Waals surface area contributed by atoms with E-state index in [1.54, 1.807) is 38.1 Å². The van der Waals surface area contributed by atoms with Crippen LogP contribution in [0.3, 0.4) is 0 Å². The molecule has 0 heterocycles. The minimum Gasteiger partial charge on any atom is -0.388 e. The summed E-state index contributed by atoms with van der Waals surface area (Å²) >= 11 is 5.78. The molecule has 3 N–H and O–H groups in total. The number of rotatable bonds is 7. The second kappa shape index (κ2) is 8.15. The van der Waals surface area contributed by atoms with Crippen LogP contribution in [-0.4, -0.2) is 30.0 Å². The maximum absolute atomic E-state index is 11.9. The van der Waals surface area contributed by atoms with Crippen LogP contribution in [0.15, 0.2) is 24.3 Å². The monoisotopic (exact) mass is 326 g/mol. The molecule has 1 atom stereocenters. The maximum atomic E-state index is 11.9. The van der Waals surface area contributed by atoms with Gasteiger partial charge >= 0.3 is 0 Å². The molecule has 1 rings (SSSR count). The molecule has 0 aliphatic rings. The molecule has 1 unspecified atom stereocenters. The van der Waals surface area contributed by atoms with E-state index in [0.717, 1.165) is 0 Å². The lowest BCUT2D eigenvalue weighted by Crippen LogP contribution is -2.45. The Morgan fingerprint density at radius 1 is 1.23 bits per heavy atom. The highest BCUT2D eigenvalue weighted by Gasteiger charge is 2.27. The zero-order chi connectivity index (χ0) is 16.8. The van der Waals surface area contributed by atoms with Crippen LogP contribution in [0.25, 0.3) is 0 Å². The standard InChI is InChI=1S/C16H23ClN2O3/c1-4-18-15(22)16(2,3)10-19-14(21)9-13(20)11-5-7-12(17)8-6-11/h5-8,13,20H,4,9-10H2,1-3H3,(H,18,22)(H,19,21). The molecule has 0 saturated carbocycles. The largest absolute Gasteiger partial charge is 0.388 e.